The molecular weight excluding hydrogens is 222 g/mol. The highest BCUT2D eigenvalue weighted by molar-refractivity contribution is 6.31. The number of nitrogen functional groups attached to an aromatic ring is 1. The Morgan fingerprint density at radius 1 is 1.38 bits per heavy atom. The molecule has 2 N–H and O–H groups in total. The van der Waals surface area contributed by atoms with Gasteiger partial charge < -0.3 is 5.73 Å². The number of rotatable bonds is 3. The van der Waals surface area contributed by atoms with Crippen molar-refractivity contribution in [1.82, 2.24) is 0 Å². The molecule has 0 amide bonds. The van der Waals surface area contributed by atoms with Crippen molar-refractivity contribution in [2.75, 3.05) is 5.73 Å². The molecule has 0 saturated carbocycles. The standard InChI is InChI=1S/C13H18ClNO/c1-13(2,3)7-6-12(16)10-5-4-9(14)8-11(10)15/h4-5,8H,6-7,15H2,1-3H3. The summed E-state index contributed by atoms with van der Waals surface area (Å²) < 4.78 is 0. The fourth-order valence-corrected chi connectivity index (χ4v) is 1.59. The van der Waals surface area contributed by atoms with E-state index >= 15 is 0 Å². The van der Waals surface area contributed by atoms with Gasteiger partial charge in [0.05, 0.1) is 0 Å². The average molecular weight is 240 g/mol. The maximum atomic E-state index is 11.9. The van der Waals surface area contributed by atoms with Crippen LogP contribution in [0.4, 0.5) is 5.69 Å². The lowest BCUT2D eigenvalue weighted by Crippen LogP contribution is -2.10. The van der Waals surface area contributed by atoms with Crippen molar-refractivity contribution in [3.63, 3.8) is 0 Å². The van der Waals surface area contributed by atoms with Crippen LogP contribution in [0.15, 0.2) is 18.2 Å². The Morgan fingerprint density at radius 3 is 2.50 bits per heavy atom. The molecule has 88 valence electrons. The predicted molar refractivity (Wildman–Crippen MR) is 68.9 cm³/mol. The first-order chi connectivity index (χ1) is 7.29. The van der Waals surface area contributed by atoms with E-state index in [1.165, 1.54) is 0 Å². The normalized spacial score (nSPS) is 11.5. The molecule has 2 nitrogen and oxygen atoms in total. The van der Waals surface area contributed by atoms with Gasteiger partial charge in [-0.05, 0) is 30.0 Å². The maximum Gasteiger partial charge on any atom is 0.164 e. The van der Waals surface area contributed by atoms with Crippen LogP contribution in [0.5, 0.6) is 0 Å². The molecule has 0 unspecified atom stereocenters. The minimum absolute atomic E-state index is 0.0871. The Kier molecular flexibility index (Phi) is 3.98. The molecule has 1 aromatic rings. The highest BCUT2D eigenvalue weighted by Crippen LogP contribution is 2.24. The van der Waals surface area contributed by atoms with E-state index in [4.69, 9.17) is 17.3 Å². The molecule has 0 fully saturated rings. The van der Waals surface area contributed by atoms with Crippen molar-refractivity contribution >= 4 is 23.1 Å². The Labute approximate surface area is 102 Å². The molecule has 0 aliphatic rings. The largest absolute Gasteiger partial charge is 0.398 e. The number of halogens is 1. The van der Waals surface area contributed by atoms with Crippen molar-refractivity contribution < 1.29 is 4.79 Å². The number of carbonyl (C=O) groups is 1. The second kappa shape index (κ2) is 4.88. The average Bonchev–Trinajstić information content (AvgIpc) is 2.13. The van der Waals surface area contributed by atoms with Gasteiger partial charge in [-0.1, -0.05) is 32.4 Å². The molecule has 0 bridgehead atoms. The summed E-state index contributed by atoms with van der Waals surface area (Å²) in [6.07, 6.45) is 1.38. The van der Waals surface area contributed by atoms with E-state index in [0.717, 1.165) is 6.42 Å². The first kappa shape index (κ1) is 13.0. The summed E-state index contributed by atoms with van der Waals surface area (Å²) in [5.41, 5.74) is 6.96. The van der Waals surface area contributed by atoms with Crippen LogP contribution < -0.4 is 5.73 Å². The molecule has 0 radical (unpaired) electrons. The zero-order valence-corrected chi connectivity index (χ0v) is 10.8. The van der Waals surface area contributed by atoms with E-state index in [0.29, 0.717) is 22.7 Å². The Morgan fingerprint density at radius 2 is 2.00 bits per heavy atom. The van der Waals surface area contributed by atoms with Gasteiger partial charge in [-0.15, -0.1) is 0 Å². The smallest absolute Gasteiger partial charge is 0.164 e. The van der Waals surface area contributed by atoms with E-state index in [2.05, 4.69) is 20.8 Å². The Bertz CT molecular complexity index is 393. The van der Waals surface area contributed by atoms with Gasteiger partial charge in [0.1, 0.15) is 0 Å². The van der Waals surface area contributed by atoms with Crippen molar-refractivity contribution in [3.8, 4) is 0 Å². The minimum Gasteiger partial charge on any atom is -0.398 e. The van der Waals surface area contributed by atoms with Crippen molar-refractivity contribution in [2.24, 2.45) is 5.41 Å². The molecule has 16 heavy (non-hydrogen) atoms. The number of carbonyl (C=O) groups excluding carboxylic acids is 1. The van der Waals surface area contributed by atoms with Crippen LogP contribution in [0.2, 0.25) is 5.02 Å². The first-order valence-electron chi connectivity index (χ1n) is 5.38. The third kappa shape index (κ3) is 3.86. The van der Waals surface area contributed by atoms with Gasteiger partial charge in [0.15, 0.2) is 5.78 Å². The molecule has 0 spiro atoms. The summed E-state index contributed by atoms with van der Waals surface area (Å²) in [5.74, 6) is 0.0871. The Hall–Kier alpha value is -1.02. The molecule has 1 rings (SSSR count). The second-order valence-electron chi connectivity index (χ2n) is 5.22. The highest BCUT2D eigenvalue weighted by Gasteiger charge is 2.15. The summed E-state index contributed by atoms with van der Waals surface area (Å²) >= 11 is 5.78. The lowest BCUT2D eigenvalue weighted by molar-refractivity contribution is 0.0967. The van der Waals surface area contributed by atoms with Crippen LogP contribution in [0, 0.1) is 5.41 Å². The van der Waals surface area contributed by atoms with Gasteiger partial charge in [0.2, 0.25) is 0 Å². The van der Waals surface area contributed by atoms with Crippen LogP contribution in [-0.2, 0) is 0 Å². The molecule has 1 aromatic carbocycles. The molecule has 3 heteroatoms. The summed E-state index contributed by atoms with van der Waals surface area (Å²) in [4.78, 5) is 11.9. The summed E-state index contributed by atoms with van der Waals surface area (Å²) in [5, 5.41) is 0.560. The predicted octanol–water partition coefficient (Wildman–Crippen LogP) is 3.93. The number of hydrogen-bond acceptors (Lipinski definition) is 2. The van der Waals surface area contributed by atoms with E-state index in [9.17, 15) is 4.79 Å². The molecule has 0 heterocycles. The zero-order chi connectivity index (χ0) is 12.3. The van der Waals surface area contributed by atoms with E-state index < -0.39 is 0 Å². The number of benzene rings is 1. The van der Waals surface area contributed by atoms with Crippen molar-refractivity contribution in [3.05, 3.63) is 28.8 Å². The van der Waals surface area contributed by atoms with Gasteiger partial charge in [0.25, 0.3) is 0 Å². The van der Waals surface area contributed by atoms with Crippen LogP contribution >= 0.6 is 11.6 Å². The number of nitrogens with two attached hydrogens (primary N) is 1. The zero-order valence-electron chi connectivity index (χ0n) is 10.0. The third-order valence-electron chi connectivity index (χ3n) is 2.42. The van der Waals surface area contributed by atoms with E-state index in [-0.39, 0.29) is 11.2 Å². The molecule has 0 aromatic heterocycles. The fraction of sp³-hybridized carbons (Fsp3) is 0.462. The number of hydrogen-bond donors (Lipinski definition) is 1. The van der Waals surface area contributed by atoms with Crippen molar-refractivity contribution in [1.29, 1.82) is 0 Å². The molecule has 0 saturated heterocycles. The molecule has 0 atom stereocenters. The minimum atomic E-state index is 0.0871. The SMILES string of the molecule is CC(C)(C)CCC(=O)c1ccc(Cl)cc1N. The van der Waals surface area contributed by atoms with E-state index in [1.807, 2.05) is 0 Å². The lowest BCUT2D eigenvalue weighted by Gasteiger charge is -2.17. The van der Waals surface area contributed by atoms with Gasteiger partial charge in [-0.3, -0.25) is 4.79 Å². The van der Waals surface area contributed by atoms with Crippen LogP contribution in [0.25, 0.3) is 0 Å². The molecular formula is C13H18ClNO. The monoisotopic (exact) mass is 239 g/mol. The quantitative estimate of drug-likeness (QED) is 0.642. The summed E-state index contributed by atoms with van der Waals surface area (Å²) in [7, 11) is 0. The first-order valence-corrected chi connectivity index (χ1v) is 5.75. The van der Waals surface area contributed by atoms with Crippen LogP contribution in [0.1, 0.15) is 44.0 Å². The third-order valence-corrected chi connectivity index (χ3v) is 2.65. The summed E-state index contributed by atoms with van der Waals surface area (Å²) in [6.45, 7) is 6.35. The topological polar surface area (TPSA) is 43.1 Å². The number of ketones is 1. The maximum absolute atomic E-state index is 11.9. The van der Waals surface area contributed by atoms with Gasteiger partial charge in [-0.2, -0.15) is 0 Å². The van der Waals surface area contributed by atoms with Crippen LogP contribution in [0.3, 0.4) is 0 Å². The summed E-state index contributed by atoms with van der Waals surface area (Å²) in [6, 6.07) is 5.01. The highest BCUT2D eigenvalue weighted by atomic mass is 35.5. The van der Waals surface area contributed by atoms with Crippen molar-refractivity contribution in [2.45, 2.75) is 33.6 Å². The van der Waals surface area contributed by atoms with Gasteiger partial charge >= 0.3 is 0 Å². The fourth-order valence-electron chi connectivity index (χ4n) is 1.41. The Balaban J connectivity index is 2.74. The van der Waals surface area contributed by atoms with Gasteiger partial charge in [-0.25, -0.2) is 0 Å². The lowest BCUT2D eigenvalue weighted by atomic mass is 9.88. The number of Topliss-reactive ketones (excluding diaryl/α,β-unsaturated/α-hetero) is 1. The second-order valence-corrected chi connectivity index (χ2v) is 5.65. The van der Waals surface area contributed by atoms with Gasteiger partial charge in [0, 0.05) is 22.7 Å². The molecule has 0 aliphatic carbocycles. The molecule has 0 aliphatic heterocycles. The van der Waals surface area contributed by atoms with Crippen LogP contribution in [-0.4, -0.2) is 5.78 Å². The van der Waals surface area contributed by atoms with E-state index in [1.54, 1.807) is 18.2 Å². The number of anilines is 1.